The van der Waals surface area contributed by atoms with E-state index in [1.165, 1.54) is 36.9 Å². The van der Waals surface area contributed by atoms with E-state index < -0.39 is 0 Å². The largest absolute Gasteiger partial charge is 0.396 e. The highest BCUT2D eigenvalue weighted by Crippen LogP contribution is 2.33. The molecule has 0 unspecified atom stereocenters. The van der Waals surface area contributed by atoms with Crippen LogP contribution >= 0.6 is 11.3 Å². The number of hydrogen-bond acceptors (Lipinski definition) is 6. The van der Waals surface area contributed by atoms with Crippen LogP contribution in [-0.4, -0.2) is 63.6 Å². The second-order valence-electron chi connectivity index (χ2n) is 7.26. The third kappa shape index (κ3) is 2.93. The topological polar surface area (TPSA) is 57.4 Å². The van der Waals surface area contributed by atoms with Crippen LogP contribution in [-0.2, 0) is 7.05 Å². The molecule has 0 aliphatic carbocycles. The summed E-state index contributed by atoms with van der Waals surface area (Å²) in [7, 11) is 1.97. The molecule has 2 aliphatic rings. The Balaban J connectivity index is 1.41. The van der Waals surface area contributed by atoms with Gasteiger partial charge in [-0.2, -0.15) is 5.10 Å². The molecule has 2 saturated heterocycles. The predicted octanol–water partition coefficient (Wildman–Crippen LogP) is 2.01. The smallest absolute Gasteiger partial charge is 0.188 e. The van der Waals surface area contributed by atoms with Crippen LogP contribution in [0.2, 0.25) is 0 Å². The summed E-state index contributed by atoms with van der Waals surface area (Å²) in [6.07, 6.45) is 4.82. The molecule has 0 amide bonds. The van der Waals surface area contributed by atoms with Gasteiger partial charge in [0.2, 0.25) is 0 Å². The number of aryl methyl sites for hydroxylation is 2. The van der Waals surface area contributed by atoms with E-state index in [9.17, 15) is 5.11 Å². The lowest BCUT2D eigenvalue weighted by atomic mass is 9.94. The van der Waals surface area contributed by atoms with Gasteiger partial charge in [0, 0.05) is 39.3 Å². The summed E-state index contributed by atoms with van der Waals surface area (Å²) < 4.78 is 3.11. The van der Waals surface area contributed by atoms with E-state index in [2.05, 4.69) is 21.8 Å². The number of hydrogen-bond donors (Lipinski definition) is 1. The average Bonchev–Trinajstić information content (AvgIpc) is 3.17. The van der Waals surface area contributed by atoms with Crippen molar-refractivity contribution in [2.75, 3.05) is 37.7 Å². The summed E-state index contributed by atoms with van der Waals surface area (Å²) in [6, 6.07) is 0.674. The first kappa shape index (κ1) is 16.3. The van der Waals surface area contributed by atoms with Crippen molar-refractivity contribution in [2.45, 2.75) is 38.6 Å². The normalized spacial score (nSPS) is 24.1. The Morgan fingerprint density at radius 3 is 2.71 bits per heavy atom. The molecule has 0 radical (unpaired) electrons. The third-order valence-corrected chi connectivity index (χ3v) is 6.81. The van der Waals surface area contributed by atoms with Gasteiger partial charge in [-0.15, -0.1) is 0 Å². The zero-order valence-corrected chi connectivity index (χ0v) is 15.4. The number of aliphatic hydroxyl groups is 1. The fourth-order valence-corrected chi connectivity index (χ4v) is 5.29. The molecule has 7 heteroatoms. The van der Waals surface area contributed by atoms with Gasteiger partial charge in [-0.25, -0.2) is 9.67 Å². The number of fused-ring (bicyclic) bond motifs is 1. The standard InChI is InChI=1S/C17H27N5OS/c1-12-15-16(20(2)19-12)18-17(24-15)21-8-5-14(6-9-21)22-7-3-4-13(10-22)11-23/h13-14,23H,3-11H2,1-2H3/t13-/m1/s1. The lowest BCUT2D eigenvalue weighted by Gasteiger charge is -2.42. The SMILES string of the molecule is Cc1nn(C)c2nc(N3CCC(N4CCC[C@@H](CO)C4)CC3)sc12. The minimum atomic E-state index is 0.342. The van der Waals surface area contributed by atoms with Crippen molar-refractivity contribution in [1.29, 1.82) is 0 Å². The predicted molar refractivity (Wildman–Crippen MR) is 97.7 cm³/mol. The Kier molecular flexibility index (Phi) is 4.49. The lowest BCUT2D eigenvalue weighted by Crippen LogP contribution is -2.49. The molecule has 4 rings (SSSR count). The van der Waals surface area contributed by atoms with Gasteiger partial charge >= 0.3 is 0 Å². The number of piperidine rings is 2. The van der Waals surface area contributed by atoms with Gasteiger partial charge in [-0.05, 0) is 45.1 Å². The van der Waals surface area contributed by atoms with Gasteiger partial charge in [-0.1, -0.05) is 11.3 Å². The molecule has 132 valence electrons. The monoisotopic (exact) mass is 349 g/mol. The van der Waals surface area contributed by atoms with Gasteiger partial charge in [-0.3, -0.25) is 4.90 Å². The molecule has 24 heavy (non-hydrogen) atoms. The zero-order chi connectivity index (χ0) is 16.7. The minimum absolute atomic E-state index is 0.342. The number of anilines is 1. The molecular weight excluding hydrogens is 322 g/mol. The van der Waals surface area contributed by atoms with E-state index in [1.807, 2.05) is 11.7 Å². The highest BCUT2D eigenvalue weighted by Gasteiger charge is 2.29. The first-order valence-electron chi connectivity index (χ1n) is 9.05. The van der Waals surface area contributed by atoms with Crippen LogP contribution in [0.15, 0.2) is 0 Å². The Hall–Kier alpha value is -1.18. The van der Waals surface area contributed by atoms with E-state index in [-0.39, 0.29) is 0 Å². The maximum absolute atomic E-state index is 9.44. The van der Waals surface area contributed by atoms with Crippen LogP contribution in [0.4, 0.5) is 5.13 Å². The van der Waals surface area contributed by atoms with Gasteiger partial charge in [0.05, 0.1) is 10.4 Å². The molecule has 2 aliphatic heterocycles. The number of aromatic nitrogens is 3. The maximum Gasteiger partial charge on any atom is 0.188 e. The molecular formula is C17H27N5OS. The molecule has 2 aromatic rings. The van der Waals surface area contributed by atoms with Crippen molar-refractivity contribution < 1.29 is 5.11 Å². The quantitative estimate of drug-likeness (QED) is 0.919. The maximum atomic E-state index is 9.44. The lowest BCUT2D eigenvalue weighted by molar-refractivity contribution is 0.0778. The first-order valence-corrected chi connectivity index (χ1v) is 9.87. The molecule has 2 fully saturated rings. The van der Waals surface area contributed by atoms with Crippen molar-refractivity contribution in [3.8, 4) is 0 Å². The van der Waals surface area contributed by atoms with E-state index >= 15 is 0 Å². The fourth-order valence-electron chi connectivity index (χ4n) is 4.21. The van der Waals surface area contributed by atoms with E-state index in [4.69, 9.17) is 4.98 Å². The summed E-state index contributed by atoms with van der Waals surface area (Å²) in [6.45, 7) is 6.84. The van der Waals surface area contributed by atoms with Crippen LogP contribution in [0.1, 0.15) is 31.4 Å². The van der Waals surface area contributed by atoms with E-state index in [0.29, 0.717) is 18.6 Å². The molecule has 4 heterocycles. The number of thiazole rings is 1. The van der Waals surface area contributed by atoms with Crippen LogP contribution in [0.25, 0.3) is 10.3 Å². The number of aliphatic hydroxyl groups excluding tert-OH is 1. The summed E-state index contributed by atoms with van der Waals surface area (Å²) >= 11 is 1.78. The Bertz CT molecular complexity index is 669. The van der Waals surface area contributed by atoms with Crippen LogP contribution in [0.3, 0.4) is 0 Å². The molecule has 1 atom stereocenters. The van der Waals surface area contributed by atoms with Gasteiger partial charge in [0.25, 0.3) is 0 Å². The van der Waals surface area contributed by atoms with Crippen LogP contribution in [0.5, 0.6) is 0 Å². The minimum Gasteiger partial charge on any atom is -0.396 e. The summed E-state index contributed by atoms with van der Waals surface area (Å²) in [4.78, 5) is 9.88. The third-order valence-electron chi connectivity index (χ3n) is 5.59. The van der Waals surface area contributed by atoms with Gasteiger partial charge in [0.15, 0.2) is 10.8 Å². The molecule has 1 N–H and O–H groups in total. The highest BCUT2D eigenvalue weighted by atomic mass is 32.1. The van der Waals surface area contributed by atoms with Crippen molar-refractivity contribution in [3.63, 3.8) is 0 Å². The van der Waals surface area contributed by atoms with Gasteiger partial charge < -0.3 is 10.0 Å². The first-order chi connectivity index (χ1) is 11.7. The molecule has 0 spiro atoms. The number of rotatable bonds is 3. The molecule has 0 saturated carbocycles. The van der Waals surface area contributed by atoms with E-state index in [1.54, 1.807) is 11.3 Å². The number of nitrogens with zero attached hydrogens (tertiary/aromatic N) is 5. The molecule has 2 aromatic heterocycles. The van der Waals surface area contributed by atoms with Crippen molar-refractivity contribution in [3.05, 3.63) is 5.69 Å². The Morgan fingerprint density at radius 1 is 1.21 bits per heavy atom. The molecule has 6 nitrogen and oxygen atoms in total. The highest BCUT2D eigenvalue weighted by molar-refractivity contribution is 7.22. The Morgan fingerprint density at radius 2 is 2.00 bits per heavy atom. The zero-order valence-electron chi connectivity index (χ0n) is 14.6. The average molecular weight is 350 g/mol. The van der Waals surface area contributed by atoms with Crippen molar-refractivity contribution >= 4 is 26.8 Å². The van der Waals surface area contributed by atoms with Crippen molar-refractivity contribution in [2.24, 2.45) is 13.0 Å². The van der Waals surface area contributed by atoms with Gasteiger partial charge in [0.1, 0.15) is 0 Å². The summed E-state index contributed by atoms with van der Waals surface area (Å²) in [5.41, 5.74) is 2.09. The molecule has 0 aromatic carbocycles. The van der Waals surface area contributed by atoms with E-state index in [0.717, 1.165) is 36.1 Å². The fraction of sp³-hybridized carbons (Fsp3) is 0.765. The van der Waals surface area contributed by atoms with Crippen molar-refractivity contribution in [1.82, 2.24) is 19.7 Å². The second kappa shape index (κ2) is 6.61. The summed E-state index contributed by atoms with van der Waals surface area (Å²) in [5, 5.41) is 15.0. The van der Waals surface area contributed by atoms with Crippen LogP contribution in [0, 0.1) is 12.8 Å². The Labute approximate surface area is 147 Å². The molecule has 0 bridgehead atoms. The van der Waals surface area contributed by atoms with Crippen LogP contribution < -0.4 is 4.90 Å². The number of likely N-dealkylation sites (tertiary alicyclic amines) is 1. The summed E-state index contributed by atoms with van der Waals surface area (Å²) in [5.74, 6) is 0.483. The second-order valence-corrected chi connectivity index (χ2v) is 8.24.